The van der Waals surface area contributed by atoms with Crippen molar-refractivity contribution >= 4 is 17.6 Å². The molecule has 0 spiro atoms. The lowest BCUT2D eigenvalue weighted by molar-refractivity contribution is -0.134. The first-order valence-corrected chi connectivity index (χ1v) is 8.01. The molecule has 4 nitrogen and oxygen atoms in total. The average molecular weight is 323 g/mol. The monoisotopic (exact) mass is 323 g/mol. The number of ether oxygens (including phenoxy) is 1. The van der Waals surface area contributed by atoms with Gasteiger partial charge in [-0.3, -0.25) is 14.2 Å². The summed E-state index contributed by atoms with van der Waals surface area (Å²) in [6.07, 6.45) is 4.53. The highest BCUT2D eigenvalue weighted by Crippen LogP contribution is 2.42. The fraction of sp³-hybridized carbons (Fsp3) is 0.300. The molecule has 1 aliphatic carbocycles. The van der Waals surface area contributed by atoms with Gasteiger partial charge in [-0.05, 0) is 29.0 Å². The quantitative estimate of drug-likeness (QED) is 0.774. The number of carbonyl (C=O) groups excluding carboxylic acids is 2. The van der Waals surface area contributed by atoms with Crippen LogP contribution in [-0.4, -0.2) is 16.4 Å². The Balaban J connectivity index is 2.26. The number of nitrogens with zero attached hydrogens (tertiary/aromatic N) is 1. The van der Waals surface area contributed by atoms with Crippen LogP contribution in [0.25, 0.3) is 17.0 Å². The summed E-state index contributed by atoms with van der Waals surface area (Å²) in [6.45, 7) is 7.12. The van der Waals surface area contributed by atoms with E-state index in [-0.39, 0.29) is 17.3 Å². The Morgan fingerprint density at radius 3 is 2.38 bits per heavy atom. The number of aromatic nitrogens is 1. The predicted octanol–water partition coefficient (Wildman–Crippen LogP) is 4.30. The van der Waals surface area contributed by atoms with E-state index in [0.29, 0.717) is 5.76 Å². The van der Waals surface area contributed by atoms with E-state index in [1.165, 1.54) is 13.8 Å². The van der Waals surface area contributed by atoms with Crippen LogP contribution < -0.4 is 0 Å². The van der Waals surface area contributed by atoms with Crippen LogP contribution in [-0.2, 0) is 16.0 Å². The molecule has 0 bridgehead atoms. The lowest BCUT2D eigenvalue weighted by Gasteiger charge is -2.27. The normalized spacial score (nSPS) is 15.4. The first-order chi connectivity index (χ1) is 11.3. The van der Waals surface area contributed by atoms with Gasteiger partial charge >= 0.3 is 5.97 Å². The summed E-state index contributed by atoms with van der Waals surface area (Å²) in [4.78, 5) is 23.7. The summed E-state index contributed by atoms with van der Waals surface area (Å²) >= 11 is 0. The SMILES string of the molecule is CC(=O)OC1=CC(C)(C)Cc2c1cn(C(C)=O)c2-c1ccccc1. The largest absolute Gasteiger partial charge is 0.426 e. The van der Waals surface area contributed by atoms with Crippen LogP contribution >= 0.6 is 0 Å². The maximum Gasteiger partial charge on any atom is 0.308 e. The summed E-state index contributed by atoms with van der Waals surface area (Å²) in [6, 6.07) is 9.84. The van der Waals surface area contributed by atoms with Gasteiger partial charge in [0.15, 0.2) is 0 Å². The van der Waals surface area contributed by atoms with Gasteiger partial charge < -0.3 is 4.74 Å². The third-order valence-corrected chi connectivity index (χ3v) is 4.17. The fourth-order valence-corrected chi connectivity index (χ4v) is 3.27. The van der Waals surface area contributed by atoms with Gasteiger partial charge in [-0.25, -0.2) is 0 Å². The second-order valence-corrected chi connectivity index (χ2v) is 6.89. The molecular formula is C20H21NO3. The second-order valence-electron chi connectivity index (χ2n) is 6.89. The average Bonchev–Trinajstić information content (AvgIpc) is 2.85. The zero-order valence-corrected chi connectivity index (χ0v) is 14.4. The van der Waals surface area contributed by atoms with Crippen LogP contribution in [0.5, 0.6) is 0 Å². The molecule has 3 rings (SSSR count). The molecular weight excluding hydrogens is 302 g/mol. The van der Waals surface area contributed by atoms with E-state index in [1.54, 1.807) is 10.8 Å². The number of fused-ring (bicyclic) bond motifs is 1. The number of allylic oxidation sites excluding steroid dienone is 1. The minimum absolute atomic E-state index is 0.0664. The molecule has 2 aromatic rings. The van der Waals surface area contributed by atoms with Crippen LogP contribution in [0.3, 0.4) is 0 Å². The van der Waals surface area contributed by atoms with Crippen LogP contribution in [0.2, 0.25) is 0 Å². The van der Waals surface area contributed by atoms with Crippen LogP contribution in [0.4, 0.5) is 0 Å². The fourth-order valence-electron chi connectivity index (χ4n) is 3.27. The van der Waals surface area contributed by atoms with Crippen molar-refractivity contribution in [2.45, 2.75) is 34.1 Å². The third kappa shape index (κ3) is 2.92. The molecule has 0 fully saturated rings. The summed E-state index contributed by atoms with van der Waals surface area (Å²) < 4.78 is 7.09. The van der Waals surface area contributed by atoms with Crippen LogP contribution in [0, 0.1) is 5.41 Å². The summed E-state index contributed by atoms with van der Waals surface area (Å²) in [5, 5.41) is 0. The minimum Gasteiger partial charge on any atom is -0.426 e. The molecule has 0 atom stereocenters. The van der Waals surface area contributed by atoms with Crippen molar-refractivity contribution in [2.24, 2.45) is 5.41 Å². The molecule has 124 valence electrons. The molecule has 0 saturated carbocycles. The van der Waals surface area contributed by atoms with Gasteiger partial charge in [0.2, 0.25) is 5.91 Å². The first-order valence-electron chi connectivity index (χ1n) is 8.01. The zero-order chi connectivity index (χ0) is 17.5. The van der Waals surface area contributed by atoms with E-state index < -0.39 is 0 Å². The third-order valence-electron chi connectivity index (χ3n) is 4.17. The molecule has 0 amide bonds. The molecule has 1 heterocycles. The molecule has 0 saturated heterocycles. The Morgan fingerprint density at radius 2 is 1.79 bits per heavy atom. The Kier molecular flexibility index (Phi) is 3.91. The van der Waals surface area contributed by atoms with E-state index in [2.05, 4.69) is 13.8 Å². The van der Waals surface area contributed by atoms with Gasteiger partial charge in [0.05, 0.1) is 5.69 Å². The van der Waals surface area contributed by atoms with Crippen molar-refractivity contribution in [3.8, 4) is 11.3 Å². The van der Waals surface area contributed by atoms with Gasteiger partial charge in [-0.1, -0.05) is 44.2 Å². The molecule has 1 aliphatic rings. The van der Waals surface area contributed by atoms with Crippen molar-refractivity contribution in [1.29, 1.82) is 0 Å². The molecule has 24 heavy (non-hydrogen) atoms. The topological polar surface area (TPSA) is 48.3 Å². The molecule has 1 aromatic carbocycles. The molecule has 1 aromatic heterocycles. The highest BCUT2D eigenvalue weighted by molar-refractivity contribution is 5.89. The van der Waals surface area contributed by atoms with Gasteiger partial charge in [0.1, 0.15) is 5.76 Å². The van der Waals surface area contributed by atoms with E-state index in [1.807, 2.05) is 36.4 Å². The highest BCUT2D eigenvalue weighted by atomic mass is 16.5. The number of carbonyl (C=O) groups is 2. The number of esters is 1. The molecule has 0 N–H and O–H groups in total. The van der Waals surface area contributed by atoms with Crippen LogP contribution in [0.15, 0.2) is 42.6 Å². The van der Waals surface area contributed by atoms with Crippen molar-refractivity contribution in [2.75, 3.05) is 0 Å². The molecule has 0 aliphatic heterocycles. The van der Waals surface area contributed by atoms with Crippen LogP contribution in [0.1, 0.15) is 43.6 Å². The Labute approximate surface area is 141 Å². The van der Waals surface area contributed by atoms with Gasteiger partial charge in [0, 0.05) is 25.6 Å². The lowest BCUT2D eigenvalue weighted by Crippen LogP contribution is -2.19. The Morgan fingerprint density at radius 1 is 1.12 bits per heavy atom. The standard InChI is InChI=1S/C20H21NO3/c1-13(22)21-12-17-16(19(21)15-8-6-5-7-9-15)10-20(3,4)11-18(17)24-14(2)23/h5-9,11-12H,10H2,1-4H3. The maximum atomic E-state index is 12.2. The number of rotatable bonds is 2. The summed E-state index contributed by atoms with van der Waals surface area (Å²) in [7, 11) is 0. The predicted molar refractivity (Wildman–Crippen MR) is 93.4 cm³/mol. The Hall–Kier alpha value is -2.62. The number of hydrogen-bond donors (Lipinski definition) is 0. The minimum atomic E-state index is -0.360. The van der Waals surface area contributed by atoms with E-state index in [4.69, 9.17) is 4.74 Å². The van der Waals surface area contributed by atoms with Gasteiger partial charge in [0.25, 0.3) is 0 Å². The second kappa shape index (κ2) is 5.78. The lowest BCUT2D eigenvalue weighted by atomic mass is 9.78. The van der Waals surface area contributed by atoms with Crippen molar-refractivity contribution in [3.63, 3.8) is 0 Å². The molecule has 0 radical (unpaired) electrons. The summed E-state index contributed by atoms with van der Waals surface area (Å²) in [5.74, 6) is 0.107. The number of benzene rings is 1. The zero-order valence-electron chi connectivity index (χ0n) is 14.4. The van der Waals surface area contributed by atoms with Gasteiger partial charge in [-0.15, -0.1) is 0 Å². The van der Waals surface area contributed by atoms with E-state index in [9.17, 15) is 9.59 Å². The van der Waals surface area contributed by atoms with Crippen molar-refractivity contribution < 1.29 is 14.3 Å². The number of hydrogen-bond acceptors (Lipinski definition) is 3. The highest BCUT2D eigenvalue weighted by Gasteiger charge is 2.32. The first kappa shape index (κ1) is 16.2. The summed E-state index contributed by atoms with van der Waals surface area (Å²) in [5.41, 5.74) is 3.56. The molecule has 4 heteroatoms. The smallest absolute Gasteiger partial charge is 0.308 e. The van der Waals surface area contributed by atoms with Crippen molar-refractivity contribution in [1.82, 2.24) is 4.57 Å². The molecule has 0 unspecified atom stereocenters. The van der Waals surface area contributed by atoms with E-state index in [0.717, 1.165) is 28.8 Å². The Bertz CT molecular complexity index is 841. The van der Waals surface area contributed by atoms with Crippen molar-refractivity contribution in [3.05, 3.63) is 53.7 Å². The maximum absolute atomic E-state index is 12.2. The van der Waals surface area contributed by atoms with E-state index >= 15 is 0 Å². The van der Waals surface area contributed by atoms with Gasteiger partial charge in [-0.2, -0.15) is 0 Å².